The Morgan fingerprint density at radius 1 is 0.545 bits per heavy atom. The monoisotopic (exact) mass is 388 g/mol. The number of nitrogens with zero attached hydrogens (tertiary/aromatic N) is 1. The van der Waals surface area contributed by atoms with E-state index in [9.17, 15) is 0 Å². The van der Waals surface area contributed by atoms with Gasteiger partial charge in [-0.1, -0.05) is 84.0 Å². The van der Waals surface area contributed by atoms with Gasteiger partial charge in [-0.05, 0) is 12.8 Å². The SMILES string of the molecule is Br.CCCCCCCCCCCCCCCC[N+](C)(C)C.[H-].[Na+]. The largest absolute Gasteiger partial charge is 1.00 e. The molecule has 0 saturated heterocycles. The maximum atomic E-state index is 2.29. The van der Waals surface area contributed by atoms with Crippen LogP contribution < -0.4 is 29.6 Å². The second-order valence-corrected chi connectivity index (χ2v) is 7.61. The topological polar surface area (TPSA) is 0 Å². The van der Waals surface area contributed by atoms with Gasteiger partial charge in [-0.15, -0.1) is 17.0 Å². The molecular weight excluding hydrogens is 345 g/mol. The van der Waals surface area contributed by atoms with E-state index in [1.165, 1.54) is 96.4 Å². The summed E-state index contributed by atoms with van der Waals surface area (Å²) < 4.78 is 1.12. The fourth-order valence-corrected chi connectivity index (χ4v) is 2.78. The molecule has 0 aromatic rings. The van der Waals surface area contributed by atoms with Crippen molar-refractivity contribution >= 4 is 17.0 Å². The van der Waals surface area contributed by atoms with Crippen LogP contribution in [0.4, 0.5) is 0 Å². The van der Waals surface area contributed by atoms with Crippen molar-refractivity contribution in [2.24, 2.45) is 0 Å². The predicted octanol–water partition coefficient (Wildman–Crippen LogP) is 3.87. The Balaban J connectivity index is -0.000000602. The second-order valence-electron chi connectivity index (χ2n) is 7.61. The molecule has 0 aromatic heterocycles. The third-order valence-electron chi connectivity index (χ3n) is 4.18. The number of rotatable bonds is 15. The van der Waals surface area contributed by atoms with Crippen LogP contribution in [0, 0.1) is 0 Å². The smallest absolute Gasteiger partial charge is 1.00 e. The molecule has 0 heterocycles. The van der Waals surface area contributed by atoms with Crippen molar-refractivity contribution in [1.82, 2.24) is 0 Å². The molecule has 0 aliphatic heterocycles. The van der Waals surface area contributed by atoms with E-state index in [0.29, 0.717) is 0 Å². The fraction of sp³-hybridized carbons (Fsp3) is 1.00. The van der Waals surface area contributed by atoms with Crippen LogP contribution in [0.2, 0.25) is 0 Å². The van der Waals surface area contributed by atoms with Crippen molar-refractivity contribution in [2.75, 3.05) is 27.7 Å². The Bertz CT molecular complexity index is 198. The van der Waals surface area contributed by atoms with Gasteiger partial charge in [0.2, 0.25) is 0 Å². The van der Waals surface area contributed by atoms with E-state index in [4.69, 9.17) is 0 Å². The standard InChI is InChI=1S/C19H42N.BrH.Na.H/c1-5-6-7-8-9-10-11-12-13-14-15-16-17-18-19-20(2,3)4;;;/h5-19H2,1-4H3;1H;;/q+1;;+1;-1. The van der Waals surface area contributed by atoms with Crippen LogP contribution in [-0.2, 0) is 0 Å². The van der Waals surface area contributed by atoms with E-state index in [0.717, 1.165) is 4.48 Å². The molecule has 22 heavy (non-hydrogen) atoms. The Labute approximate surface area is 176 Å². The Morgan fingerprint density at radius 3 is 1.09 bits per heavy atom. The summed E-state index contributed by atoms with van der Waals surface area (Å²) >= 11 is 0. The second kappa shape index (κ2) is 20.5. The van der Waals surface area contributed by atoms with Crippen molar-refractivity contribution in [3.05, 3.63) is 0 Å². The molecule has 0 amide bonds. The van der Waals surface area contributed by atoms with Crippen molar-refractivity contribution in [3.63, 3.8) is 0 Å². The number of unbranched alkanes of at least 4 members (excludes halogenated alkanes) is 13. The summed E-state index contributed by atoms with van der Waals surface area (Å²) in [6.07, 6.45) is 20.4. The molecule has 3 heteroatoms. The maximum Gasteiger partial charge on any atom is 1.00 e. The van der Waals surface area contributed by atoms with E-state index in [1.807, 2.05) is 0 Å². The van der Waals surface area contributed by atoms with Crippen LogP contribution in [0.15, 0.2) is 0 Å². The van der Waals surface area contributed by atoms with Crippen LogP contribution in [-0.4, -0.2) is 32.2 Å². The van der Waals surface area contributed by atoms with Gasteiger partial charge in [0, 0.05) is 0 Å². The van der Waals surface area contributed by atoms with Crippen molar-refractivity contribution in [2.45, 2.75) is 96.8 Å². The first-order chi connectivity index (χ1) is 9.56. The van der Waals surface area contributed by atoms with Gasteiger partial charge in [-0.25, -0.2) is 0 Å². The Hall–Kier alpha value is 1.44. The summed E-state index contributed by atoms with van der Waals surface area (Å²) in [4.78, 5) is 0. The molecule has 132 valence electrons. The van der Waals surface area contributed by atoms with Crippen molar-refractivity contribution in [3.8, 4) is 0 Å². The summed E-state index contributed by atoms with van der Waals surface area (Å²) in [7, 11) is 6.88. The van der Waals surface area contributed by atoms with E-state index in [2.05, 4.69) is 28.1 Å². The Kier molecular flexibility index (Phi) is 26.3. The van der Waals surface area contributed by atoms with Crippen LogP contribution >= 0.6 is 17.0 Å². The molecule has 0 bridgehead atoms. The summed E-state index contributed by atoms with van der Waals surface area (Å²) in [5.41, 5.74) is 0. The summed E-state index contributed by atoms with van der Waals surface area (Å²) in [5.74, 6) is 0. The van der Waals surface area contributed by atoms with Crippen LogP contribution in [0.1, 0.15) is 98.2 Å². The fourth-order valence-electron chi connectivity index (χ4n) is 2.78. The van der Waals surface area contributed by atoms with Gasteiger partial charge in [0.25, 0.3) is 0 Å². The van der Waals surface area contributed by atoms with Gasteiger partial charge in [-0.2, -0.15) is 0 Å². The van der Waals surface area contributed by atoms with Gasteiger partial charge in [0.1, 0.15) is 0 Å². The molecular formula is C19H44BrNNa+. The molecule has 0 fully saturated rings. The van der Waals surface area contributed by atoms with Crippen LogP contribution in [0.5, 0.6) is 0 Å². The zero-order chi connectivity index (χ0) is 15.1. The first kappa shape index (κ1) is 28.3. The molecule has 0 atom stereocenters. The molecule has 0 aromatic carbocycles. The van der Waals surface area contributed by atoms with Crippen molar-refractivity contribution < 1.29 is 35.5 Å². The molecule has 0 spiro atoms. The van der Waals surface area contributed by atoms with E-state index in [-0.39, 0.29) is 48.0 Å². The molecule has 0 radical (unpaired) electrons. The van der Waals surface area contributed by atoms with Gasteiger partial charge < -0.3 is 5.91 Å². The third-order valence-corrected chi connectivity index (χ3v) is 4.18. The molecule has 0 saturated carbocycles. The van der Waals surface area contributed by atoms with E-state index < -0.39 is 0 Å². The normalized spacial score (nSPS) is 10.9. The minimum Gasteiger partial charge on any atom is -1.00 e. The molecule has 0 N–H and O–H groups in total. The first-order valence-corrected chi connectivity index (χ1v) is 9.36. The van der Waals surface area contributed by atoms with Crippen molar-refractivity contribution in [1.29, 1.82) is 0 Å². The summed E-state index contributed by atoms with van der Waals surface area (Å²) in [6.45, 7) is 3.63. The van der Waals surface area contributed by atoms with Gasteiger partial charge in [0.15, 0.2) is 0 Å². The summed E-state index contributed by atoms with van der Waals surface area (Å²) in [6, 6.07) is 0. The molecule has 1 nitrogen and oxygen atoms in total. The molecule has 0 aliphatic rings. The zero-order valence-corrected chi connectivity index (χ0v) is 20.2. The average Bonchev–Trinajstić information content (AvgIpc) is 2.38. The maximum absolute atomic E-state index is 2.29. The molecule has 0 unspecified atom stereocenters. The van der Waals surface area contributed by atoms with E-state index >= 15 is 0 Å². The van der Waals surface area contributed by atoms with E-state index in [1.54, 1.807) is 0 Å². The summed E-state index contributed by atoms with van der Waals surface area (Å²) in [5, 5.41) is 0. The third kappa shape index (κ3) is 26.3. The van der Waals surface area contributed by atoms with Gasteiger partial charge in [0.05, 0.1) is 27.7 Å². The minimum atomic E-state index is 0. The zero-order valence-electron chi connectivity index (χ0n) is 17.5. The van der Waals surface area contributed by atoms with Crippen LogP contribution in [0.25, 0.3) is 0 Å². The predicted molar refractivity (Wildman–Crippen MR) is 105 cm³/mol. The first-order valence-electron chi connectivity index (χ1n) is 9.36. The van der Waals surface area contributed by atoms with Gasteiger partial charge in [-0.3, -0.25) is 0 Å². The number of hydrogen-bond acceptors (Lipinski definition) is 0. The molecule has 0 aliphatic carbocycles. The average molecular weight is 389 g/mol. The van der Waals surface area contributed by atoms with Gasteiger partial charge >= 0.3 is 29.6 Å². The number of halogens is 1. The Morgan fingerprint density at radius 2 is 0.818 bits per heavy atom. The molecule has 0 rings (SSSR count). The minimum absolute atomic E-state index is 0. The quantitative estimate of drug-likeness (QED) is 0.227. The van der Waals surface area contributed by atoms with Crippen LogP contribution in [0.3, 0.4) is 0 Å². The number of quaternary nitrogens is 1. The number of hydrogen-bond donors (Lipinski definition) is 0.